The zero-order valence-corrected chi connectivity index (χ0v) is 13.6. The summed E-state index contributed by atoms with van der Waals surface area (Å²) in [6.07, 6.45) is 3.23. The second kappa shape index (κ2) is 6.62. The predicted octanol–water partition coefficient (Wildman–Crippen LogP) is 4.21. The highest BCUT2D eigenvalue weighted by atomic mass is 32.1. The average Bonchev–Trinajstić information content (AvgIpc) is 3.03. The zero-order chi connectivity index (χ0) is 16.2. The summed E-state index contributed by atoms with van der Waals surface area (Å²) < 4.78 is 11.6. The summed E-state index contributed by atoms with van der Waals surface area (Å²) in [5.41, 5.74) is 1.62. The van der Waals surface area contributed by atoms with E-state index in [1.54, 1.807) is 20.3 Å². The highest BCUT2D eigenvalue weighted by molar-refractivity contribution is 7.20. The molecule has 0 saturated heterocycles. The molecule has 0 aliphatic carbocycles. The van der Waals surface area contributed by atoms with Gasteiger partial charge in [-0.1, -0.05) is 24.3 Å². The van der Waals surface area contributed by atoms with Gasteiger partial charge in [0.1, 0.15) is 0 Å². The Labute approximate surface area is 138 Å². The number of carbonyl (C=O) groups is 1. The molecule has 0 saturated carbocycles. The van der Waals surface area contributed by atoms with Crippen molar-refractivity contribution in [3.05, 3.63) is 59.1 Å². The minimum Gasteiger partial charge on any atom is -0.493 e. The lowest BCUT2D eigenvalue weighted by Crippen LogP contribution is -1.94. The fourth-order valence-electron chi connectivity index (χ4n) is 2.26. The maximum absolute atomic E-state index is 12.3. The molecule has 1 aromatic heterocycles. The lowest BCUT2D eigenvalue weighted by atomic mass is 10.1. The first-order chi connectivity index (χ1) is 11.2. The second-order valence-electron chi connectivity index (χ2n) is 4.77. The highest BCUT2D eigenvalue weighted by Crippen LogP contribution is 2.31. The molecule has 0 bridgehead atoms. The number of fused-ring (bicyclic) bond motifs is 1. The molecule has 0 aliphatic rings. The van der Waals surface area contributed by atoms with Gasteiger partial charge in [-0.05, 0) is 30.4 Å². The van der Waals surface area contributed by atoms with Gasteiger partial charge in [0.05, 0.1) is 24.4 Å². The monoisotopic (exact) mass is 325 g/mol. The molecule has 0 spiro atoms. The number of carbonyl (C=O) groups excluding carboxylic acids is 1. The van der Waals surface area contributed by atoms with Crippen LogP contribution >= 0.6 is 11.3 Å². The molecule has 0 aliphatic heterocycles. The summed E-state index contributed by atoms with van der Waals surface area (Å²) in [4.78, 5) is 16.7. The largest absolute Gasteiger partial charge is 0.493 e. The third-order valence-electron chi connectivity index (χ3n) is 3.35. The third kappa shape index (κ3) is 3.10. The van der Waals surface area contributed by atoms with Gasteiger partial charge in [-0.2, -0.15) is 0 Å². The Morgan fingerprint density at radius 3 is 2.65 bits per heavy atom. The van der Waals surface area contributed by atoms with Crippen LogP contribution in [0.15, 0.2) is 48.5 Å². The van der Waals surface area contributed by atoms with Crippen LogP contribution in [0.1, 0.15) is 15.4 Å². The summed E-state index contributed by atoms with van der Waals surface area (Å²) >= 11 is 1.39. The molecule has 116 valence electrons. The van der Waals surface area contributed by atoms with Gasteiger partial charge in [0, 0.05) is 5.56 Å². The Morgan fingerprint density at radius 2 is 1.91 bits per heavy atom. The molecule has 5 heteroatoms. The number of ether oxygens (including phenoxy) is 2. The number of thiazole rings is 1. The van der Waals surface area contributed by atoms with Gasteiger partial charge < -0.3 is 9.47 Å². The van der Waals surface area contributed by atoms with E-state index >= 15 is 0 Å². The summed E-state index contributed by atoms with van der Waals surface area (Å²) in [6, 6.07) is 13.2. The summed E-state index contributed by atoms with van der Waals surface area (Å²) in [6.45, 7) is 0. The molecule has 3 rings (SSSR count). The molecular weight excluding hydrogens is 310 g/mol. The van der Waals surface area contributed by atoms with E-state index in [1.807, 2.05) is 42.5 Å². The molecule has 0 radical (unpaired) electrons. The van der Waals surface area contributed by atoms with Crippen molar-refractivity contribution in [3.63, 3.8) is 0 Å². The van der Waals surface area contributed by atoms with Gasteiger partial charge in [0.25, 0.3) is 0 Å². The minimum atomic E-state index is -0.129. The lowest BCUT2D eigenvalue weighted by molar-refractivity contribution is 0.104. The smallest absolute Gasteiger partial charge is 0.214 e. The fraction of sp³-hybridized carbons (Fsp3) is 0.111. The molecule has 3 aromatic rings. The first-order valence-corrected chi connectivity index (χ1v) is 7.83. The van der Waals surface area contributed by atoms with E-state index in [2.05, 4.69) is 4.98 Å². The van der Waals surface area contributed by atoms with E-state index in [4.69, 9.17) is 9.47 Å². The molecule has 1 heterocycles. The van der Waals surface area contributed by atoms with Crippen LogP contribution in [0.3, 0.4) is 0 Å². The Kier molecular flexibility index (Phi) is 4.39. The number of allylic oxidation sites excluding steroid dienone is 1. The molecule has 23 heavy (non-hydrogen) atoms. The van der Waals surface area contributed by atoms with Crippen molar-refractivity contribution >= 4 is 33.4 Å². The first-order valence-electron chi connectivity index (χ1n) is 7.02. The molecule has 0 amide bonds. The van der Waals surface area contributed by atoms with Gasteiger partial charge >= 0.3 is 0 Å². The van der Waals surface area contributed by atoms with Gasteiger partial charge in [-0.3, -0.25) is 4.79 Å². The van der Waals surface area contributed by atoms with E-state index in [1.165, 1.54) is 17.4 Å². The Hall–Kier alpha value is -2.66. The van der Waals surface area contributed by atoms with Gasteiger partial charge in [-0.15, -0.1) is 11.3 Å². The Balaban J connectivity index is 1.89. The van der Waals surface area contributed by atoms with Crippen LogP contribution in [-0.4, -0.2) is 25.0 Å². The van der Waals surface area contributed by atoms with Crippen LogP contribution in [0.2, 0.25) is 0 Å². The van der Waals surface area contributed by atoms with Crippen molar-refractivity contribution in [2.45, 2.75) is 0 Å². The van der Waals surface area contributed by atoms with Crippen LogP contribution in [0.5, 0.6) is 11.5 Å². The summed E-state index contributed by atoms with van der Waals surface area (Å²) in [5.74, 6) is 1.10. The maximum atomic E-state index is 12.3. The SMILES string of the molecule is COc1cccc(C=CC(=O)c2nc3ccccc3s2)c1OC. The Morgan fingerprint density at radius 1 is 1.09 bits per heavy atom. The number of para-hydroxylation sites is 2. The van der Waals surface area contributed by atoms with E-state index in [-0.39, 0.29) is 5.78 Å². The van der Waals surface area contributed by atoms with Gasteiger partial charge in [0.2, 0.25) is 5.78 Å². The third-order valence-corrected chi connectivity index (χ3v) is 4.40. The van der Waals surface area contributed by atoms with E-state index < -0.39 is 0 Å². The molecule has 0 unspecified atom stereocenters. The molecule has 0 atom stereocenters. The second-order valence-corrected chi connectivity index (χ2v) is 5.80. The van der Waals surface area contributed by atoms with Crippen molar-refractivity contribution in [1.82, 2.24) is 4.98 Å². The van der Waals surface area contributed by atoms with Crippen molar-refractivity contribution in [1.29, 1.82) is 0 Å². The first kappa shape index (κ1) is 15.2. The number of rotatable bonds is 5. The number of nitrogens with zero attached hydrogens (tertiary/aromatic N) is 1. The summed E-state index contributed by atoms with van der Waals surface area (Å²) in [7, 11) is 3.15. The van der Waals surface area contributed by atoms with Crippen molar-refractivity contribution in [2.75, 3.05) is 14.2 Å². The quantitative estimate of drug-likeness (QED) is 0.521. The maximum Gasteiger partial charge on any atom is 0.214 e. The van der Waals surface area contributed by atoms with E-state index in [0.717, 1.165) is 15.8 Å². The van der Waals surface area contributed by atoms with Gasteiger partial charge in [0.15, 0.2) is 16.5 Å². The predicted molar refractivity (Wildman–Crippen MR) is 92.5 cm³/mol. The number of hydrogen-bond acceptors (Lipinski definition) is 5. The van der Waals surface area contributed by atoms with Crippen LogP contribution in [0.4, 0.5) is 0 Å². The molecule has 0 N–H and O–H groups in total. The topological polar surface area (TPSA) is 48.4 Å². The molecular formula is C18H15NO3S. The molecule has 0 fully saturated rings. The van der Waals surface area contributed by atoms with Gasteiger partial charge in [-0.25, -0.2) is 4.98 Å². The number of aromatic nitrogens is 1. The number of methoxy groups -OCH3 is 2. The van der Waals surface area contributed by atoms with Crippen LogP contribution in [0, 0.1) is 0 Å². The lowest BCUT2D eigenvalue weighted by Gasteiger charge is -2.09. The minimum absolute atomic E-state index is 0.129. The number of benzene rings is 2. The summed E-state index contributed by atoms with van der Waals surface area (Å²) in [5, 5.41) is 0.476. The fourth-order valence-corrected chi connectivity index (χ4v) is 3.14. The van der Waals surface area contributed by atoms with Crippen LogP contribution in [0.25, 0.3) is 16.3 Å². The standard InChI is InChI=1S/C18H15NO3S/c1-21-15-8-5-6-12(17(15)22-2)10-11-14(20)18-19-13-7-3-4-9-16(13)23-18/h3-11H,1-2H3. The molecule has 4 nitrogen and oxygen atoms in total. The number of hydrogen-bond donors (Lipinski definition) is 0. The Bertz CT molecular complexity index is 850. The van der Waals surface area contributed by atoms with Crippen molar-refractivity contribution in [2.24, 2.45) is 0 Å². The normalized spacial score (nSPS) is 11.0. The highest BCUT2D eigenvalue weighted by Gasteiger charge is 2.11. The van der Waals surface area contributed by atoms with E-state index in [0.29, 0.717) is 16.5 Å². The molecule has 2 aromatic carbocycles. The van der Waals surface area contributed by atoms with E-state index in [9.17, 15) is 4.79 Å². The van der Waals surface area contributed by atoms with Crippen LogP contribution < -0.4 is 9.47 Å². The number of ketones is 1. The zero-order valence-electron chi connectivity index (χ0n) is 12.8. The van der Waals surface area contributed by atoms with Crippen LogP contribution in [-0.2, 0) is 0 Å². The van der Waals surface area contributed by atoms with Crippen molar-refractivity contribution in [3.8, 4) is 11.5 Å². The van der Waals surface area contributed by atoms with Crippen molar-refractivity contribution < 1.29 is 14.3 Å². The average molecular weight is 325 g/mol.